The van der Waals surface area contributed by atoms with Crippen molar-refractivity contribution in [1.82, 2.24) is 9.55 Å². The molecule has 2 aromatic rings. The predicted molar refractivity (Wildman–Crippen MR) is 86.6 cm³/mol. The molecule has 114 valence electrons. The first-order valence-electron chi connectivity index (χ1n) is 8.10. The molecule has 3 rings (SSSR count). The van der Waals surface area contributed by atoms with Crippen LogP contribution in [0.2, 0.25) is 0 Å². The standard InChI is InChI=1S/C17H25N3O/c1-3-10-21-15-9-5-8-14-16(15)19-17(18)20(14)13-7-4-6-12(2)11-13/h5,8-9,12-13H,3-4,6-7,10-11H2,1-2H3,(H2,18,19). The van der Waals surface area contributed by atoms with Gasteiger partial charge in [-0.25, -0.2) is 4.98 Å². The number of nitrogen functional groups attached to an aromatic ring is 1. The van der Waals surface area contributed by atoms with Gasteiger partial charge in [0.1, 0.15) is 11.3 Å². The van der Waals surface area contributed by atoms with Crippen molar-refractivity contribution in [3.8, 4) is 5.75 Å². The molecule has 1 aliphatic carbocycles. The van der Waals surface area contributed by atoms with Gasteiger partial charge in [0.2, 0.25) is 5.95 Å². The number of aromatic nitrogens is 2. The molecule has 1 aromatic heterocycles. The van der Waals surface area contributed by atoms with Gasteiger partial charge in [-0.05, 0) is 37.3 Å². The van der Waals surface area contributed by atoms with Crippen LogP contribution < -0.4 is 10.5 Å². The highest BCUT2D eigenvalue weighted by molar-refractivity contribution is 5.84. The third kappa shape index (κ3) is 2.71. The summed E-state index contributed by atoms with van der Waals surface area (Å²) >= 11 is 0. The fourth-order valence-electron chi connectivity index (χ4n) is 3.46. The van der Waals surface area contributed by atoms with Crippen molar-refractivity contribution in [3.05, 3.63) is 18.2 Å². The summed E-state index contributed by atoms with van der Waals surface area (Å²) in [5.74, 6) is 2.24. The fraction of sp³-hybridized carbons (Fsp3) is 0.588. The van der Waals surface area contributed by atoms with Crippen LogP contribution in [-0.2, 0) is 0 Å². The van der Waals surface area contributed by atoms with E-state index in [4.69, 9.17) is 10.5 Å². The Morgan fingerprint density at radius 2 is 2.24 bits per heavy atom. The number of para-hydroxylation sites is 1. The Kier molecular flexibility index (Phi) is 4.04. The minimum absolute atomic E-state index is 0.472. The second kappa shape index (κ2) is 5.96. The zero-order chi connectivity index (χ0) is 14.8. The van der Waals surface area contributed by atoms with E-state index in [9.17, 15) is 0 Å². The molecule has 0 bridgehead atoms. The van der Waals surface area contributed by atoms with Crippen LogP contribution in [-0.4, -0.2) is 16.2 Å². The van der Waals surface area contributed by atoms with E-state index in [0.29, 0.717) is 18.6 Å². The number of ether oxygens (including phenoxy) is 1. The SMILES string of the molecule is CCCOc1cccc2c1nc(N)n2C1CCCC(C)C1. The fourth-order valence-corrected chi connectivity index (χ4v) is 3.46. The number of anilines is 1. The molecule has 2 atom stereocenters. The van der Waals surface area contributed by atoms with Crippen molar-refractivity contribution in [2.75, 3.05) is 12.3 Å². The van der Waals surface area contributed by atoms with E-state index < -0.39 is 0 Å². The van der Waals surface area contributed by atoms with E-state index >= 15 is 0 Å². The maximum Gasteiger partial charge on any atom is 0.201 e. The number of nitrogens with zero attached hydrogens (tertiary/aromatic N) is 2. The summed E-state index contributed by atoms with van der Waals surface area (Å²) in [6, 6.07) is 6.60. The molecule has 1 heterocycles. The molecule has 1 aliphatic rings. The number of imidazole rings is 1. The number of fused-ring (bicyclic) bond motifs is 1. The van der Waals surface area contributed by atoms with Crippen molar-refractivity contribution >= 4 is 17.0 Å². The van der Waals surface area contributed by atoms with E-state index in [1.165, 1.54) is 25.7 Å². The molecule has 2 unspecified atom stereocenters. The third-order valence-corrected chi connectivity index (χ3v) is 4.45. The molecule has 0 aliphatic heterocycles. The Bertz CT molecular complexity index is 620. The van der Waals surface area contributed by atoms with Crippen LogP contribution in [0.1, 0.15) is 52.0 Å². The first-order chi connectivity index (χ1) is 10.2. The van der Waals surface area contributed by atoms with Crippen molar-refractivity contribution in [2.45, 2.75) is 52.0 Å². The van der Waals surface area contributed by atoms with Crippen molar-refractivity contribution in [1.29, 1.82) is 0 Å². The van der Waals surface area contributed by atoms with Gasteiger partial charge in [-0.2, -0.15) is 0 Å². The van der Waals surface area contributed by atoms with E-state index in [-0.39, 0.29) is 0 Å². The minimum Gasteiger partial charge on any atom is -0.491 e. The molecule has 1 saturated carbocycles. The maximum atomic E-state index is 6.22. The average molecular weight is 287 g/mol. The molecule has 21 heavy (non-hydrogen) atoms. The lowest BCUT2D eigenvalue weighted by atomic mass is 9.87. The van der Waals surface area contributed by atoms with E-state index in [1.54, 1.807) is 0 Å². The molecule has 0 radical (unpaired) electrons. The number of benzene rings is 1. The molecular formula is C17H25N3O. The second-order valence-electron chi connectivity index (χ2n) is 6.24. The Hall–Kier alpha value is -1.71. The normalized spacial score (nSPS) is 22.6. The molecule has 1 aromatic carbocycles. The summed E-state index contributed by atoms with van der Waals surface area (Å²) in [5.41, 5.74) is 8.24. The molecule has 1 fully saturated rings. The van der Waals surface area contributed by atoms with Gasteiger partial charge in [-0.3, -0.25) is 0 Å². The van der Waals surface area contributed by atoms with Crippen LogP contribution in [0.5, 0.6) is 5.75 Å². The number of nitrogens with two attached hydrogens (primary N) is 1. The van der Waals surface area contributed by atoms with Crippen LogP contribution in [0.3, 0.4) is 0 Å². The largest absolute Gasteiger partial charge is 0.491 e. The highest BCUT2D eigenvalue weighted by Gasteiger charge is 2.24. The summed E-state index contributed by atoms with van der Waals surface area (Å²) in [6.45, 7) is 5.15. The second-order valence-corrected chi connectivity index (χ2v) is 6.24. The molecule has 2 N–H and O–H groups in total. The van der Waals surface area contributed by atoms with Gasteiger partial charge in [-0.15, -0.1) is 0 Å². The predicted octanol–water partition coefficient (Wildman–Crippen LogP) is 4.16. The van der Waals surface area contributed by atoms with Crippen molar-refractivity contribution in [2.24, 2.45) is 5.92 Å². The lowest BCUT2D eigenvalue weighted by Crippen LogP contribution is -2.19. The van der Waals surface area contributed by atoms with E-state index in [1.807, 2.05) is 12.1 Å². The van der Waals surface area contributed by atoms with Crippen molar-refractivity contribution in [3.63, 3.8) is 0 Å². The van der Waals surface area contributed by atoms with Crippen LogP contribution in [0, 0.1) is 5.92 Å². The summed E-state index contributed by atoms with van der Waals surface area (Å²) in [5, 5.41) is 0. The lowest BCUT2D eigenvalue weighted by molar-refractivity contribution is 0.289. The van der Waals surface area contributed by atoms with Gasteiger partial charge in [0.25, 0.3) is 0 Å². The van der Waals surface area contributed by atoms with Crippen molar-refractivity contribution < 1.29 is 4.74 Å². The average Bonchev–Trinajstić information content (AvgIpc) is 2.81. The summed E-state index contributed by atoms with van der Waals surface area (Å²) in [4.78, 5) is 4.58. The van der Waals surface area contributed by atoms with E-state index in [0.717, 1.165) is 29.1 Å². The highest BCUT2D eigenvalue weighted by atomic mass is 16.5. The van der Waals surface area contributed by atoms with Crippen LogP contribution in [0.25, 0.3) is 11.0 Å². The molecule has 4 nitrogen and oxygen atoms in total. The minimum atomic E-state index is 0.472. The third-order valence-electron chi connectivity index (χ3n) is 4.45. The molecule has 0 saturated heterocycles. The van der Waals surface area contributed by atoms with Gasteiger partial charge in [0.15, 0.2) is 0 Å². The van der Waals surface area contributed by atoms with Gasteiger partial charge in [-0.1, -0.05) is 32.8 Å². The molecule has 4 heteroatoms. The molecule has 0 spiro atoms. The van der Waals surface area contributed by atoms with E-state index in [2.05, 4.69) is 29.5 Å². The first-order valence-corrected chi connectivity index (χ1v) is 8.10. The smallest absolute Gasteiger partial charge is 0.201 e. The Morgan fingerprint density at radius 3 is 3.00 bits per heavy atom. The Labute approximate surface area is 126 Å². The number of hydrogen-bond acceptors (Lipinski definition) is 3. The number of hydrogen-bond donors (Lipinski definition) is 1. The summed E-state index contributed by atoms with van der Waals surface area (Å²) < 4.78 is 8.04. The van der Waals surface area contributed by atoms with Gasteiger partial charge < -0.3 is 15.0 Å². The highest BCUT2D eigenvalue weighted by Crippen LogP contribution is 2.37. The Balaban J connectivity index is 2.01. The monoisotopic (exact) mass is 287 g/mol. The number of rotatable bonds is 4. The van der Waals surface area contributed by atoms with Gasteiger partial charge >= 0.3 is 0 Å². The molecule has 0 amide bonds. The maximum absolute atomic E-state index is 6.22. The van der Waals surface area contributed by atoms with Crippen LogP contribution in [0.4, 0.5) is 5.95 Å². The first kappa shape index (κ1) is 14.2. The molecular weight excluding hydrogens is 262 g/mol. The summed E-state index contributed by atoms with van der Waals surface area (Å²) in [7, 11) is 0. The van der Waals surface area contributed by atoms with Gasteiger partial charge in [0.05, 0.1) is 12.1 Å². The van der Waals surface area contributed by atoms with Gasteiger partial charge in [0, 0.05) is 6.04 Å². The van der Waals surface area contributed by atoms with Crippen LogP contribution in [0.15, 0.2) is 18.2 Å². The lowest BCUT2D eigenvalue weighted by Gasteiger charge is -2.28. The Morgan fingerprint density at radius 1 is 1.38 bits per heavy atom. The summed E-state index contributed by atoms with van der Waals surface area (Å²) in [6.07, 6.45) is 5.98. The zero-order valence-corrected chi connectivity index (χ0v) is 13.0. The zero-order valence-electron chi connectivity index (χ0n) is 13.0. The van der Waals surface area contributed by atoms with Crippen LogP contribution >= 0.6 is 0 Å². The quantitative estimate of drug-likeness (QED) is 0.918. The topological polar surface area (TPSA) is 53.1 Å².